The molecule has 11 heteroatoms. The first-order valence-corrected chi connectivity index (χ1v) is 16.4. The van der Waals surface area contributed by atoms with Gasteiger partial charge in [0.1, 0.15) is 18.4 Å². The lowest BCUT2D eigenvalue weighted by Gasteiger charge is -2.35. The molecule has 1 unspecified atom stereocenters. The molecule has 7 nitrogen and oxygen atoms in total. The first kappa shape index (κ1) is 34.0. The molecule has 4 rings (SSSR count). The van der Waals surface area contributed by atoms with Crippen molar-refractivity contribution in [1.29, 1.82) is 0 Å². The molecule has 0 saturated carbocycles. The smallest absolute Gasteiger partial charge is 0.264 e. The van der Waals surface area contributed by atoms with Crippen LogP contribution in [0.4, 0.5) is 10.1 Å². The molecule has 0 radical (unpaired) electrons. The first-order chi connectivity index (χ1) is 21.2. The highest BCUT2D eigenvalue weighted by Crippen LogP contribution is 2.33. The molecule has 0 fully saturated rings. The van der Waals surface area contributed by atoms with E-state index in [1.165, 1.54) is 59.5 Å². The van der Waals surface area contributed by atoms with Crippen LogP contribution in [0.25, 0.3) is 0 Å². The molecule has 1 N–H and O–H groups in total. The van der Waals surface area contributed by atoms with Gasteiger partial charge in [0.15, 0.2) is 0 Å². The summed E-state index contributed by atoms with van der Waals surface area (Å²) < 4.78 is 42.9. The third-order valence-corrected chi connectivity index (χ3v) is 9.15. The van der Waals surface area contributed by atoms with Gasteiger partial charge in [0.05, 0.1) is 15.6 Å². The van der Waals surface area contributed by atoms with Crippen molar-refractivity contribution in [3.63, 3.8) is 0 Å². The summed E-state index contributed by atoms with van der Waals surface area (Å²) in [5, 5.41) is 3.24. The van der Waals surface area contributed by atoms with E-state index < -0.39 is 45.8 Å². The number of halogens is 3. The van der Waals surface area contributed by atoms with Gasteiger partial charge in [0.25, 0.3) is 10.0 Å². The van der Waals surface area contributed by atoms with Crippen LogP contribution in [0.5, 0.6) is 0 Å². The number of sulfonamides is 1. The molecular formula is C34H34Cl2FN3O4S. The summed E-state index contributed by atoms with van der Waals surface area (Å²) in [7, 11) is -4.34. The van der Waals surface area contributed by atoms with Crippen LogP contribution in [0.1, 0.15) is 31.9 Å². The lowest BCUT2D eigenvalue weighted by atomic mass is 10.0. The predicted molar refractivity (Wildman–Crippen MR) is 176 cm³/mol. The largest absolute Gasteiger partial charge is 0.350 e. The van der Waals surface area contributed by atoms with Crippen LogP contribution in [0, 0.1) is 5.82 Å². The number of carbonyl (C=O) groups excluding carboxylic acids is 2. The van der Waals surface area contributed by atoms with E-state index in [1.54, 1.807) is 18.2 Å². The lowest BCUT2D eigenvalue weighted by Crippen LogP contribution is -2.56. The van der Waals surface area contributed by atoms with Gasteiger partial charge in [-0.2, -0.15) is 0 Å². The van der Waals surface area contributed by atoms with E-state index in [9.17, 15) is 22.4 Å². The molecule has 2 amide bonds. The zero-order valence-electron chi connectivity index (χ0n) is 25.1. The Kier molecular flexibility index (Phi) is 10.9. The van der Waals surface area contributed by atoms with Gasteiger partial charge in [-0.05, 0) is 74.4 Å². The van der Waals surface area contributed by atoms with Gasteiger partial charge in [-0.25, -0.2) is 12.8 Å². The third-order valence-electron chi connectivity index (χ3n) is 6.82. The second-order valence-corrected chi connectivity index (χ2v) is 14.2. The molecule has 236 valence electrons. The highest BCUT2D eigenvalue weighted by atomic mass is 35.5. The minimum atomic E-state index is -4.34. The maximum absolute atomic E-state index is 14.5. The summed E-state index contributed by atoms with van der Waals surface area (Å²) in [6, 6.07) is 25.7. The molecule has 0 bridgehead atoms. The SMILES string of the molecule is CC(C)(C)NC(=O)C(Cc1ccccc1)N(Cc1ccc(F)cc1)C(=O)CN(c1cc(Cl)ccc1Cl)S(=O)(=O)c1ccccc1. The summed E-state index contributed by atoms with van der Waals surface area (Å²) in [4.78, 5) is 29.6. The number of hydrogen-bond acceptors (Lipinski definition) is 4. The Labute approximate surface area is 273 Å². The summed E-state index contributed by atoms with van der Waals surface area (Å²) in [6.45, 7) is 4.67. The van der Waals surface area contributed by atoms with Gasteiger partial charge < -0.3 is 10.2 Å². The van der Waals surface area contributed by atoms with Gasteiger partial charge in [-0.15, -0.1) is 0 Å². The Morgan fingerprint density at radius 3 is 2.04 bits per heavy atom. The standard InChI is InChI=1S/C34H34Cl2FN3O4S/c1-34(2,3)38-33(42)31(20-24-10-6-4-7-11-24)39(22-25-14-17-27(37)18-15-25)32(41)23-40(30-21-26(35)16-19-29(30)36)45(43,44)28-12-8-5-9-13-28/h4-19,21,31H,20,22-23H2,1-3H3,(H,38,42). The van der Waals surface area contributed by atoms with Crippen LogP contribution in [0.3, 0.4) is 0 Å². The molecule has 0 saturated heterocycles. The van der Waals surface area contributed by atoms with E-state index >= 15 is 0 Å². The molecule has 0 aliphatic carbocycles. The van der Waals surface area contributed by atoms with Crippen LogP contribution in [0.2, 0.25) is 10.0 Å². The molecule has 1 atom stereocenters. The van der Waals surface area contributed by atoms with Gasteiger partial charge in [-0.3, -0.25) is 13.9 Å². The van der Waals surface area contributed by atoms with Crippen LogP contribution < -0.4 is 9.62 Å². The van der Waals surface area contributed by atoms with E-state index in [2.05, 4.69) is 5.32 Å². The van der Waals surface area contributed by atoms with E-state index in [0.717, 1.165) is 9.87 Å². The monoisotopic (exact) mass is 669 g/mol. The zero-order chi connectivity index (χ0) is 32.8. The van der Waals surface area contributed by atoms with Crippen molar-refractivity contribution in [2.75, 3.05) is 10.8 Å². The normalized spacial score (nSPS) is 12.3. The van der Waals surface area contributed by atoms with Crippen LogP contribution in [0.15, 0.2) is 108 Å². The molecule has 4 aromatic rings. The Balaban J connectivity index is 1.84. The highest BCUT2D eigenvalue weighted by molar-refractivity contribution is 7.92. The van der Waals surface area contributed by atoms with Gasteiger partial charge in [0, 0.05) is 23.5 Å². The number of nitrogens with one attached hydrogen (secondary N) is 1. The fraction of sp³-hybridized carbons (Fsp3) is 0.235. The third kappa shape index (κ3) is 9.06. The molecule has 0 aromatic heterocycles. The Bertz CT molecular complexity index is 1730. The average Bonchev–Trinajstić information content (AvgIpc) is 3.00. The number of benzene rings is 4. The van der Waals surface area contributed by atoms with E-state index in [1.807, 2.05) is 51.1 Å². The Morgan fingerprint density at radius 2 is 1.44 bits per heavy atom. The maximum atomic E-state index is 14.5. The van der Waals surface area contributed by atoms with Gasteiger partial charge in [-0.1, -0.05) is 83.9 Å². The van der Waals surface area contributed by atoms with Crippen molar-refractivity contribution < 1.29 is 22.4 Å². The zero-order valence-corrected chi connectivity index (χ0v) is 27.4. The molecule has 45 heavy (non-hydrogen) atoms. The lowest BCUT2D eigenvalue weighted by molar-refractivity contribution is -0.140. The molecule has 0 aliphatic rings. The van der Waals surface area contributed by atoms with Crippen molar-refractivity contribution in [2.45, 2.75) is 50.2 Å². The van der Waals surface area contributed by atoms with Gasteiger partial charge in [0.2, 0.25) is 11.8 Å². The molecule has 4 aromatic carbocycles. The van der Waals surface area contributed by atoms with Gasteiger partial charge >= 0.3 is 0 Å². The van der Waals surface area contributed by atoms with Crippen LogP contribution in [-0.4, -0.2) is 43.3 Å². The van der Waals surface area contributed by atoms with Crippen molar-refractivity contribution in [2.24, 2.45) is 0 Å². The fourth-order valence-corrected chi connectivity index (χ4v) is 6.59. The topological polar surface area (TPSA) is 86.8 Å². The molecule has 0 spiro atoms. The molecule has 0 heterocycles. The van der Waals surface area contributed by atoms with E-state index in [-0.39, 0.29) is 33.6 Å². The van der Waals surface area contributed by atoms with Crippen molar-refractivity contribution in [3.05, 3.63) is 130 Å². The average molecular weight is 671 g/mol. The van der Waals surface area contributed by atoms with Crippen LogP contribution in [-0.2, 0) is 32.6 Å². The van der Waals surface area contributed by atoms with Crippen molar-refractivity contribution in [1.82, 2.24) is 10.2 Å². The molecule has 0 aliphatic heterocycles. The quantitative estimate of drug-likeness (QED) is 0.189. The second-order valence-electron chi connectivity index (χ2n) is 11.5. The minimum Gasteiger partial charge on any atom is -0.350 e. The highest BCUT2D eigenvalue weighted by Gasteiger charge is 2.36. The second kappa shape index (κ2) is 14.5. The number of rotatable bonds is 11. The van der Waals surface area contributed by atoms with E-state index in [0.29, 0.717) is 5.56 Å². The number of amides is 2. The minimum absolute atomic E-state index is 0.00172. The number of carbonyl (C=O) groups is 2. The maximum Gasteiger partial charge on any atom is 0.264 e. The first-order valence-electron chi connectivity index (χ1n) is 14.2. The Morgan fingerprint density at radius 1 is 0.844 bits per heavy atom. The Hall–Kier alpha value is -3.92. The van der Waals surface area contributed by atoms with Crippen molar-refractivity contribution in [3.8, 4) is 0 Å². The summed E-state index contributed by atoms with van der Waals surface area (Å²) in [5.41, 5.74) is 0.703. The number of hydrogen-bond donors (Lipinski definition) is 1. The predicted octanol–water partition coefficient (Wildman–Crippen LogP) is 6.88. The summed E-state index contributed by atoms with van der Waals surface area (Å²) in [5.74, 6) is -1.57. The fourth-order valence-electron chi connectivity index (χ4n) is 4.70. The molecular weight excluding hydrogens is 636 g/mol. The van der Waals surface area contributed by atoms with Crippen molar-refractivity contribution >= 4 is 50.7 Å². The van der Waals surface area contributed by atoms with Crippen LogP contribution >= 0.6 is 23.2 Å². The number of nitrogens with zero attached hydrogens (tertiary/aromatic N) is 2. The number of anilines is 1. The summed E-state index contributed by atoms with van der Waals surface area (Å²) >= 11 is 12.8. The van der Waals surface area contributed by atoms with E-state index in [4.69, 9.17) is 23.2 Å². The summed E-state index contributed by atoms with van der Waals surface area (Å²) in [6.07, 6.45) is 0.138.